The predicted molar refractivity (Wildman–Crippen MR) is 86.3 cm³/mol. The molecule has 1 saturated heterocycles. The van der Waals surface area contributed by atoms with Crippen LogP contribution in [0.15, 0.2) is 41.4 Å². The van der Waals surface area contributed by atoms with Crippen molar-refractivity contribution in [1.82, 2.24) is 14.1 Å². The van der Waals surface area contributed by atoms with E-state index in [2.05, 4.69) is 5.10 Å². The minimum absolute atomic E-state index is 0.290. The second-order valence-electron chi connectivity index (χ2n) is 6.09. The Labute approximate surface area is 136 Å². The summed E-state index contributed by atoms with van der Waals surface area (Å²) in [6.45, 7) is 2.45. The average molecular weight is 335 g/mol. The molecule has 0 spiro atoms. The molecule has 1 N–H and O–H groups in total. The molecule has 1 aromatic carbocycles. The van der Waals surface area contributed by atoms with Gasteiger partial charge >= 0.3 is 0 Å². The van der Waals surface area contributed by atoms with Crippen LogP contribution < -0.4 is 0 Å². The Morgan fingerprint density at radius 3 is 2.48 bits per heavy atom. The minimum atomic E-state index is -3.51. The van der Waals surface area contributed by atoms with Crippen molar-refractivity contribution in [3.63, 3.8) is 0 Å². The van der Waals surface area contributed by atoms with E-state index in [9.17, 15) is 13.5 Å². The maximum Gasteiger partial charge on any atom is 0.243 e. The predicted octanol–water partition coefficient (Wildman–Crippen LogP) is 1.40. The van der Waals surface area contributed by atoms with Crippen LogP contribution in [-0.4, -0.2) is 40.7 Å². The number of aromatic nitrogens is 2. The van der Waals surface area contributed by atoms with Gasteiger partial charge in [-0.2, -0.15) is 9.40 Å². The van der Waals surface area contributed by atoms with Gasteiger partial charge in [-0.05, 0) is 43.5 Å². The molecule has 2 aromatic rings. The van der Waals surface area contributed by atoms with E-state index in [0.29, 0.717) is 17.7 Å². The van der Waals surface area contributed by atoms with Gasteiger partial charge in [0.1, 0.15) is 5.60 Å². The lowest BCUT2D eigenvalue weighted by Crippen LogP contribution is -2.45. The van der Waals surface area contributed by atoms with E-state index in [4.69, 9.17) is 0 Å². The number of hydrogen-bond acceptors (Lipinski definition) is 4. The summed E-state index contributed by atoms with van der Waals surface area (Å²) in [6, 6.07) is 8.70. The number of hydrogen-bond donors (Lipinski definition) is 1. The van der Waals surface area contributed by atoms with E-state index in [-0.39, 0.29) is 13.1 Å². The maximum atomic E-state index is 12.7. The molecule has 0 bridgehead atoms. The molecule has 1 aromatic heterocycles. The summed E-state index contributed by atoms with van der Waals surface area (Å²) in [6.07, 6.45) is 2.36. The second-order valence-corrected chi connectivity index (χ2v) is 8.03. The van der Waals surface area contributed by atoms with Crippen molar-refractivity contribution in [2.24, 2.45) is 7.05 Å². The average Bonchev–Trinajstić information content (AvgIpc) is 2.95. The molecule has 0 radical (unpaired) electrons. The lowest BCUT2D eigenvalue weighted by atomic mass is 9.89. The van der Waals surface area contributed by atoms with Crippen LogP contribution in [0, 0.1) is 6.92 Å². The molecule has 0 amide bonds. The summed E-state index contributed by atoms with van der Waals surface area (Å²) >= 11 is 0. The molecule has 0 atom stereocenters. The molecule has 0 saturated carbocycles. The molecule has 1 aliphatic heterocycles. The Morgan fingerprint density at radius 2 is 1.91 bits per heavy atom. The van der Waals surface area contributed by atoms with Crippen LogP contribution in [-0.2, 0) is 22.7 Å². The number of nitrogens with zero attached hydrogens (tertiary/aromatic N) is 3. The standard InChI is InChI=1S/C16H21N3O3S/c1-13-4-3-5-14(12-13)23(21,22)19-10-7-16(20,8-11-19)15-6-9-17-18(15)2/h3-6,9,12,20H,7-8,10-11H2,1-2H3. The Hall–Kier alpha value is -1.70. The Bertz CT molecular complexity index is 805. The molecular formula is C16H21N3O3S. The molecule has 2 heterocycles. The third-order valence-corrected chi connectivity index (χ3v) is 6.37. The van der Waals surface area contributed by atoms with Crippen LogP contribution in [0.5, 0.6) is 0 Å². The van der Waals surface area contributed by atoms with Gasteiger partial charge in [0.2, 0.25) is 10.0 Å². The number of aryl methyl sites for hydroxylation is 2. The number of sulfonamides is 1. The minimum Gasteiger partial charge on any atom is -0.383 e. The molecule has 124 valence electrons. The number of aliphatic hydroxyl groups is 1. The fourth-order valence-corrected chi connectivity index (χ4v) is 4.65. The van der Waals surface area contributed by atoms with Crippen molar-refractivity contribution in [2.75, 3.05) is 13.1 Å². The molecule has 0 unspecified atom stereocenters. The first kappa shape index (κ1) is 16.2. The van der Waals surface area contributed by atoms with Gasteiger partial charge in [-0.25, -0.2) is 8.42 Å². The first-order valence-corrected chi connectivity index (χ1v) is 9.05. The van der Waals surface area contributed by atoms with Crippen molar-refractivity contribution in [3.8, 4) is 0 Å². The number of piperidine rings is 1. The third-order valence-electron chi connectivity index (χ3n) is 4.47. The van der Waals surface area contributed by atoms with Gasteiger partial charge in [0.25, 0.3) is 0 Å². The fourth-order valence-electron chi connectivity index (χ4n) is 3.11. The van der Waals surface area contributed by atoms with Crippen molar-refractivity contribution in [2.45, 2.75) is 30.3 Å². The van der Waals surface area contributed by atoms with Gasteiger partial charge in [-0.3, -0.25) is 4.68 Å². The SMILES string of the molecule is Cc1cccc(S(=O)(=O)N2CCC(O)(c3ccnn3C)CC2)c1. The highest BCUT2D eigenvalue weighted by molar-refractivity contribution is 7.89. The lowest BCUT2D eigenvalue weighted by molar-refractivity contribution is -0.0165. The first-order chi connectivity index (χ1) is 10.8. The van der Waals surface area contributed by atoms with E-state index in [1.54, 1.807) is 42.2 Å². The molecule has 1 aliphatic rings. The monoisotopic (exact) mass is 335 g/mol. The highest BCUT2D eigenvalue weighted by Gasteiger charge is 2.39. The van der Waals surface area contributed by atoms with Crippen LogP contribution in [0.1, 0.15) is 24.1 Å². The van der Waals surface area contributed by atoms with Crippen molar-refractivity contribution in [3.05, 3.63) is 47.8 Å². The Balaban J connectivity index is 1.80. The summed E-state index contributed by atoms with van der Waals surface area (Å²) in [5.74, 6) is 0. The lowest BCUT2D eigenvalue weighted by Gasteiger charge is -2.37. The highest BCUT2D eigenvalue weighted by atomic mass is 32.2. The van der Waals surface area contributed by atoms with Gasteiger partial charge in [0.05, 0.1) is 10.6 Å². The molecule has 3 rings (SSSR count). The van der Waals surface area contributed by atoms with E-state index in [0.717, 1.165) is 11.3 Å². The van der Waals surface area contributed by atoms with Gasteiger partial charge in [0, 0.05) is 26.3 Å². The van der Waals surface area contributed by atoms with Gasteiger partial charge < -0.3 is 5.11 Å². The molecule has 1 fully saturated rings. The zero-order valence-electron chi connectivity index (χ0n) is 13.3. The fraction of sp³-hybridized carbons (Fsp3) is 0.438. The van der Waals surface area contributed by atoms with Crippen LogP contribution in [0.2, 0.25) is 0 Å². The van der Waals surface area contributed by atoms with E-state index < -0.39 is 15.6 Å². The van der Waals surface area contributed by atoms with Crippen LogP contribution in [0.4, 0.5) is 0 Å². The smallest absolute Gasteiger partial charge is 0.243 e. The summed E-state index contributed by atoms with van der Waals surface area (Å²) in [5, 5.41) is 14.9. The normalized spacial score (nSPS) is 18.9. The van der Waals surface area contributed by atoms with Crippen LogP contribution >= 0.6 is 0 Å². The topological polar surface area (TPSA) is 75.4 Å². The van der Waals surface area contributed by atoms with Crippen molar-refractivity contribution >= 4 is 10.0 Å². The van der Waals surface area contributed by atoms with Gasteiger partial charge in [-0.15, -0.1) is 0 Å². The highest BCUT2D eigenvalue weighted by Crippen LogP contribution is 2.34. The van der Waals surface area contributed by atoms with Gasteiger partial charge in [0.15, 0.2) is 0 Å². The number of rotatable bonds is 3. The van der Waals surface area contributed by atoms with Crippen LogP contribution in [0.25, 0.3) is 0 Å². The summed E-state index contributed by atoms with van der Waals surface area (Å²) in [7, 11) is -1.73. The zero-order valence-corrected chi connectivity index (χ0v) is 14.1. The first-order valence-electron chi connectivity index (χ1n) is 7.61. The van der Waals surface area contributed by atoms with E-state index in [1.807, 2.05) is 13.0 Å². The molecule has 23 heavy (non-hydrogen) atoms. The molecule has 0 aliphatic carbocycles. The molecule has 6 nitrogen and oxygen atoms in total. The van der Waals surface area contributed by atoms with Crippen molar-refractivity contribution < 1.29 is 13.5 Å². The van der Waals surface area contributed by atoms with E-state index in [1.165, 1.54) is 4.31 Å². The van der Waals surface area contributed by atoms with E-state index >= 15 is 0 Å². The summed E-state index contributed by atoms with van der Waals surface area (Å²) in [5.41, 5.74) is 0.615. The second kappa shape index (κ2) is 5.74. The van der Waals surface area contributed by atoms with Crippen LogP contribution in [0.3, 0.4) is 0 Å². The summed E-state index contributed by atoms with van der Waals surface area (Å²) in [4.78, 5) is 0.309. The Morgan fingerprint density at radius 1 is 1.22 bits per heavy atom. The largest absolute Gasteiger partial charge is 0.383 e. The maximum absolute atomic E-state index is 12.7. The summed E-state index contributed by atoms with van der Waals surface area (Å²) < 4.78 is 28.6. The number of benzene rings is 1. The van der Waals surface area contributed by atoms with Gasteiger partial charge in [-0.1, -0.05) is 12.1 Å². The Kier molecular flexibility index (Phi) is 4.03. The quantitative estimate of drug-likeness (QED) is 0.920. The zero-order chi connectivity index (χ0) is 16.7. The van der Waals surface area contributed by atoms with Crippen molar-refractivity contribution in [1.29, 1.82) is 0 Å². The third kappa shape index (κ3) is 2.91. The molecular weight excluding hydrogens is 314 g/mol. The molecule has 7 heteroatoms.